The molecular weight excluding hydrogens is 236 g/mol. The van der Waals surface area contributed by atoms with Crippen molar-refractivity contribution in [1.82, 2.24) is 9.97 Å². The van der Waals surface area contributed by atoms with Crippen LogP contribution in [0.15, 0.2) is 30.6 Å². The molecule has 0 saturated heterocycles. The molecule has 18 heavy (non-hydrogen) atoms. The Bertz CT molecular complexity index is 523. The fourth-order valence-corrected chi connectivity index (χ4v) is 1.64. The van der Waals surface area contributed by atoms with Crippen molar-refractivity contribution in [2.75, 3.05) is 11.9 Å². The third-order valence-electron chi connectivity index (χ3n) is 2.40. The van der Waals surface area contributed by atoms with E-state index in [1.54, 1.807) is 12.4 Å². The zero-order chi connectivity index (χ0) is 13.0. The van der Waals surface area contributed by atoms with E-state index < -0.39 is 11.6 Å². The van der Waals surface area contributed by atoms with Crippen LogP contribution in [0.5, 0.6) is 0 Å². The Kier molecular flexibility index (Phi) is 3.82. The topological polar surface area (TPSA) is 37.8 Å². The van der Waals surface area contributed by atoms with Gasteiger partial charge in [-0.15, -0.1) is 0 Å². The average molecular weight is 249 g/mol. The zero-order valence-electron chi connectivity index (χ0n) is 9.95. The fourth-order valence-electron chi connectivity index (χ4n) is 1.64. The molecule has 1 aromatic heterocycles. The van der Waals surface area contributed by atoms with Crippen LogP contribution in [0.25, 0.3) is 0 Å². The summed E-state index contributed by atoms with van der Waals surface area (Å²) in [7, 11) is 0. The summed E-state index contributed by atoms with van der Waals surface area (Å²) in [6.45, 7) is 2.39. The van der Waals surface area contributed by atoms with E-state index in [4.69, 9.17) is 0 Å². The van der Waals surface area contributed by atoms with Crippen LogP contribution < -0.4 is 5.32 Å². The number of aryl methyl sites for hydroxylation is 1. The number of hydrogen-bond donors (Lipinski definition) is 1. The first-order valence-electron chi connectivity index (χ1n) is 5.61. The van der Waals surface area contributed by atoms with E-state index in [1.165, 1.54) is 12.1 Å². The second-order valence-corrected chi connectivity index (χ2v) is 4.00. The van der Waals surface area contributed by atoms with E-state index in [1.807, 2.05) is 6.92 Å². The van der Waals surface area contributed by atoms with Crippen molar-refractivity contribution in [2.24, 2.45) is 0 Å². The molecule has 94 valence electrons. The van der Waals surface area contributed by atoms with Crippen LogP contribution in [-0.2, 0) is 6.42 Å². The third kappa shape index (κ3) is 3.48. The number of benzene rings is 1. The minimum absolute atomic E-state index is 0.518. The van der Waals surface area contributed by atoms with Gasteiger partial charge in [0.2, 0.25) is 0 Å². The van der Waals surface area contributed by atoms with Crippen LogP contribution in [-0.4, -0.2) is 16.5 Å². The lowest BCUT2D eigenvalue weighted by Crippen LogP contribution is -2.07. The van der Waals surface area contributed by atoms with E-state index in [0.29, 0.717) is 24.3 Å². The maximum absolute atomic E-state index is 12.9. The van der Waals surface area contributed by atoms with E-state index in [-0.39, 0.29) is 0 Å². The van der Waals surface area contributed by atoms with Gasteiger partial charge in [-0.1, -0.05) is 0 Å². The molecule has 0 radical (unpaired) electrons. The normalized spacial score (nSPS) is 10.4. The summed E-state index contributed by atoms with van der Waals surface area (Å²) in [6.07, 6.45) is 3.79. The molecule has 5 heteroatoms. The number of anilines is 1. The lowest BCUT2D eigenvalue weighted by atomic mass is 10.1. The monoisotopic (exact) mass is 249 g/mol. The molecule has 0 unspecified atom stereocenters. The zero-order valence-corrected chi connectivity index (χ0v) is 9.95. The van der Waals surface area contributed by atoms with Gasteiger partial charge < -0.3 is 5.32 Å². The minimum Gasteiger partial charge on any atom is -0.368 e. The smallest absolute Gasteiger partial charge is 0.144 e. The summed E-state index contributed by atoms with van der Waals surface area (Å²) in [5.41, 5.74) is 1.43. The van der Waals surface area contributed by atoms with Crippen molar-refractivity contribution in [3.63, 3.8) is 0 Å². The summed E-state index contributed by atoms with van der Waals surface area (Å²) >= 11 is 0. The molecule has 0 bridgehead atoms. The van der Waals surface area contributed by atoms with Gasteiger partial charge in [-0.25, -0.2) is 13.8 Å². The largest absolute Gasteiger partial charge is 0.368 e. The molecule has 0 fully saturated rings. The maximum atomic E-state index is 12.9. The van der Waals surface area contributed by atoms with Gasteiger partial charge in [-0.3, -0.25) is 4.98 Å². The first kappa shape index (κ1) is 12.4. The van der Waals surface area contributed by atoms with Crippen LogP contribution >= 0.6 is 0 Å². The Morgan fingerprint density at radius 1 is 1.11 bits per heavy atom. The highest BCUT2D eigenvalue weighted by Crippen LogP contribution is 2.09. The van der Waals surface area contributed by atoms with Crippen LogP contribution in [0.1, 0.15) is 11.3 Å². The van der Waals surface area contributed by atoms with E-state index in [0.717, 1.165) is 11.8 Å². The van der Waals surface area contributed by atoms with E-state index in [2.05, 4.69) is 15.3 Å². The Morgan fingerprint density at radius 2 is 1.83 bits per heavy atom. The van der Waals surface area contributed by atoms with Gasteiger partial charge in [0.25, 0.3) is 0 Å². The number of nitrogens with zero attached hydrogens (tertiary/aromatic N) is 2. The van der Waals surface area contributed by atoms with Crippen molar-refractivity contribution in [3.8, 4) is 0 Å². The highest BCUT2D eigenvalue weighted by molar-refractivity contribution is 5.32. The molecule has 0 aliphatic carbocycles. The Balaban J connectivity index is 1.92. The van der Waals surface area contributed by atoms with Gasteiger partial charge in [0.05, 0.1) is 11.9 Å². The number of halogens is 2. The fraction of sp³-hybridized carbons (Fsp3) is 0.231. The van der Waals surface area contributed by atoms with Crippen LogP contribution in [0.3, 0.4) is 0 Å². The Morgan fingerprint density at radius 3 is 2.50 bits per heavy atom. The molecule has 3 nitrogen and oxygen atoms in total. The van der Waals surface area contributed by atoms with Gasteiger partial charge >= 0.3 is 0 Å². The van der Waals surface area contributed by atoms with Gasteiger partial charge in [0.15, 0.2) is 0 Å². The first-order chi connectivity index (χ1) is 8.63. The van der Waals surface area contributed by atoms with Crippen LogP contribution in [0, 0.1) is 18.6 Å². The van der Waals surface area contributed by atoms with Crippen molar-refractivity contribution < 1.29 is 8.78 Å². The second-order valence-electron chi connectivity index (χ2n) is 4.00. The minimum atomic E-state index is -0.555. The van der Waals surface area contributed by atoms with E-state index in [9.17, 15) is 8.78 Å². The molecule has 0 atom stereocenters. The molecule has 0 aliphatic rings. The maximum Gasteiger partial charge on any atom is 0.144 e. The summed E-state index contributed by atoms with van der Waals surface area (Å²) in [5, 5.41) is 3.05. The van der Waals surface area contributed by atoms with Gasteiger partial charge in [-0.05, 0) is 31.0 Å². The lowest BCUT2D eigenvalue weighted by Gasteiger charge is -2.06. The molecule has 1 N–H and O–H groups in total. The highest BCUT2D eigenvalue weighted by Gasteiger charge is 2.01. The van der Waals surface area contributed by atoms with E-state index >= 15 is 0 Å². The van der Waals surface area contributed by atoms with Crippen molar-refractivity contribution in [3.05, 3.63) is 53.5 Å². The van der Waals surface area contributed by atoms with Crippen LogP contribution in [0.2, 0.25) is 0 Å². The summed E-state index contributed by atoms with van der Waals surface area (Å²) in [5.74, 6) is -0.451. The number of hydrogen-bond acceptors (Lipinski definition) is 3. The summed E-state index contributed by atoms with van der Waals surface area (Å²) in [4.78, 5) is 8.21. The quantitative estimate of drug-likeness (QED) is 0.905. The third-order valence-corrected chi connectivity index (χ3v) is 2.40. The average Bonchev–Trinajstić information content (AvgIpc) is 2.27. The predicted octanol–water partition coefficient (Wildman–Crippen LogP) is 2.72. The number of rotatable bonds is 4. The molecule has 1 aromatic carbocycles. The number of nitrogens with one attached hydrogen (secondary N) is 1. The predicted molar refractivity (Wildman–Crippen MR) is 65.3 cm³/mol. The standard InChI is InChI=1S/C13H13F2N3/c1-9-7-16-8-13(18-9)17-3-2-10-4-11(14)6-12(15)5-10/h4-8H,2-3H2,1H3,(H,17,18). The van der Waals surface area contributed by atoms with Crippen molar-refractivity contribution in [1.29, 1.82) is 0 Å². The molecule has 0 amide bonds. The van der Waals surface area contributed by atoms with Gasteiger partial charge in [0, 0.05) is 18.8 Å². The number of aromatic nitrogens is 2. The Labute approximate surface area is 104 Å². The highest BCUT2D eigenvalue weighted by atomic mass is 19.1. The van der Waals surface area contributed by atoms with Crippen molar-refractivity contribution >= 4 is 5.82 Å². The van der Waals surface area contributed by atoms with Crippen molar-refractivity contribution in [2.45, 2.75) is 13.3 Å². The van der Waals surface area contributed by atoms with Gasteiger partial charge in [0.1, 0.15) is 17.5 Å². The molecule has 0 aliphatic heterocycles. The van der Waals surface area contributed by atoms with Crippen LogP contribution in [0.4, 0.5) is 14.6 Å². The summed E-state index contributed by atoms with van der Waals surface area (Å²) < 4.78 is 25.9. The molecule has 1 heterocycles. The SMILES string of the molecule is Cc1cncc(NCCc2cc(F)cc(F)c2)n1. The molecule has 2 rings (SSSR count). The lowest BCUT2D eigenvalue weighted by molar-refractivity contribution is 0.580. The Hall–Kier alpha value is -2.04. The summed E-state index contributed by atoms with van der Waals surface area (Å²) in [6, 6.07) is 3.52. The first-order valence-corrected chi connectivity index (χ1v) is 5.61. The molecule has 2 aromatic rings. The second kappa shape index (κ2) is 5.53. The molecule has 0 spiro atoms. The molecule has 0 saturated carbocycles. The molecular formula is C13H13F2N3. The van der Waals surface area contributed by atoms with Gasteiger partial charge in [-0.2, -0.15) is 0 Å².